The van der Waals surface area contributed by atoms with Gasteiger partial charge in [-0.15, -0.1) is 0 Å². The van der Waals surface area contributed by atoms with Gasteiger partial charge in [0.1, 0.15) is 23.5 Å². The van der Waals surface area contributed by atoms with Crippen LogP contribution in [0.25, 0.3) is 0 Å². The van der Waals surface area contributed by atoms with Crippen LogP contribution < -0.4 is 14.2 Å². The zero-order chi connectivity index (χ0) is 21.8. The number of methoxy groups -OCH3 is 2. The normalized spacial score (nSPS) is 21.6. The highest BCUT2D eigenvalue weighted by Gasteiger charge is 2.41. The third kappa shape index (κ3) is 4.52. The van der Waals surface area contributed by atoms with Crippen molar-refractivity contribution in [1.29, 1.82) is 0 Å². The van der Waals surface area contributed by atoms with E-state index in [9.17, 15) is 13.6 Å². The van der Waals surface area contributed by atoms with E-state index in [1.807, 2.05) is 25.1 Å². The molecule has 3 unspecified atom stereocenters. The van der Waals surface area contributed by atoms with Crippen LogP contribution in [-0.4, -0.2) is 38.1 Å². The Morgan fingerprint density at radius 1 is 1.17 bits per heavy atom. The second-order valence-corrected chi connectivity index (χ2v) is 7.65. The molecule has 5 nitrogen and oxygen atoms in total. The fourth-order valence-electron chi connectivity index (χ4n) is 4.13. The number of benzene rings is 2. The minimum absolute atomic E-state index is 0.0832. The molecule has 1 heterocycles. The first kappa shape index (κ1) is 22.3. The molecule has 30 heavy (non-hydrogen) atoms. The lowest BCUT2D eigenvalue weighted by atomic mass is 9.97. The quantitative estimate of drug-likeness (QED) is 0.535. The van der Waals surface area contributed by atoms with Gasteiger partial charge in [0, 0.05) is 12.6 Å². The number of likely N-dealkylation sites (tertiary alicyclic amines) is 1. The fraction of sp³-hybridized carbons (Fsp3) is 0.409. The molecular formula is C22H24ClF2NO4. The Balaban J connectivity index is 1.97. The van der Waals surface area contributed by atoms with Gasteiger partial charge >= 0.3 is 6.61 Å². The van der Waals surface area contributed by atoms with Crippen LogP contribution in [0, 0.1) is 5.92 Å². The molecule has 2 aromatic rings. The van der Waals surface area contributed by atoms with Crippen molar-refractivity contribution in [2.45, 2.75) is 38.6 Å². The Morgan fingerprint density at radius 3 is 2.37 bits per heavy atom. The molecule has 162 valence electrons. The zero-order valence-electron chi connectivity index (χ0n) is 17.0. The predicted molar refractivity (Wildman–Crippen MR) is 110 cm³/mol. The van der Waals surface area contributed by atoms with E-state index >= 15 is 0 Å². The first-order chi connectivity index (χ1) is 14.4. The van der Waals surface area contributed by atoms with Crippen LogP contribution in [0.5, 0.6) is 17.2 Å². The molecule has 0 bridgehead atoms. The van der Waals surface area contributed by atoms with Crippen molar-refractivity contribution in [3.8, 4) is 17.2 Å². The number of hydrogen-bond donors (Lipinski definition) is 0. The van der Waals surface area contributed by atoms with Gasteiger partial charge < -0.3 is 19.0 Å². The minimum Gasteiger partial charge on any atom is -0.496 e. The molecule has 8 heteroatoms. The number of halogens is 3. The van der Waals surface area contributed by atoms with Gasteiger partial charge in [-0.25, -0.2) is 0 Å². The largest absolute Gasteiger partial charge is 0.496 e. The summed E-state index contributed by atoms with van der Waals surface area (Å²) in [5.74, 6) is 1.39. The van der Waals surface area contributed by atoms with Crippen LogP contribution in [0.4, 0.5) is 8.78 Å². The number of rotatable bonds is 8. The second kappa shape index (κ2) is 9.62. The molecule has 0 aromatic heterocycles. The van der Waals surface area contributed by atoms with E-state index in [1.54, 1.807) is 26.4 Å². The molecular weight excluding hydrogens is 416 g/mol. The summed E-state index contributed by atoms with van der Waals surface area (Å²) in [6, 6.07) is 9.80. The average molecular weight is 440 g/mol. The molecule has 0 amide bonds. The molecule has 2 aromatic carbocycles. The Bertz CT molecular complexity index is 873. The van der Waals surface area contributed by atoms with Crippen LogP contribution >= 0.6 is 11.6 Å². The maximum absolute atomic E-state index is 12.5. The number of hydrogen-bond acceptors (Lipinski definition) is 5. The Morgan fingerprint density at radius 2 is 1.83 bits per heavy atom. The lowest BCUT2D eigenvalue weighted by Crippen LogP contribution is -2.34. The van der Waals surface area contributed by atoms with Crippen molar-refractivity contribution in [2.24, 2.45) is 5.92 Å². The van der Waals surface area contributed by atoms with Crippen LogP contribution in [0.15, 0.2) is 36.4 Å². The fourth-order valence-corrected chi connectivity index (χ4v) is 4.37. The Labute approximate surface area is 179 Å². The van der Waals surface area contributed by atoms with E-state index < -0.39 is 6.61 Å². The first-order valence-corrected chi connectivity index (χ1v) is 9.92. The molecule has 1 aliphatic rings. The molecule has 0 radical (unpaired) electrons. The molecule has 0 saturated carbocycles. The van der Waals surface area contributed by atoms with E-state index in [0.29, 0.717) is 18.0 Å². The summed E-state index contributed by atoms with van der Waals surface area (Å²) in [5.41, 5.74) is 1.66. The predicted octanol–water partition coefficient (Wildman–Crippen LogP) is 5.11. The van der Waals surface area contributed by atoms with Gasteiger partial charge in [-0.05, 0) is 42.2 Å². The first-order valence-electron chi connectivity index (χ1n) is 9.54. The lowest BCUT2D eigenvalue weighted by molar-refractivity contribution is -0.113. The van der Waals surface area contributed by atoms with Gasteiger partial charge in [-0.1, -0.05) is 30.7 Å². The third-order valence-corrected chi connectivity index (χ3v) is 5.77. The SMILES string of the molecule is COc1cccc(OC)c1C1CC(C)C(C=O)N1Cc1ccc(OC(F)F)c(Cl)c1. The van der Waals surface area contributed by atoms with Crippen molar-refractivity contribution in [3.05, 3.63) is 52.5 Å². The summed E-state index contributed by atoms with van der Waals surface area (Å²) >= 11 is 6.12. The van der Waals surface area contributed by atoms with Crippen LogP contribution in [0.2, 0.25) is 5.02 Å². The van der Waals surface area contributed by atoms with Crippen molar-refractivity contribution >= 4 is 17.9 Å². The number of carbonyl (C=O) groups excluding carboxylic acids is 1. The molecule has 0 N–H and O–H groups in total. The van der Waals surface area contributed by atoms with E-state index in [2.05, 4.69) is 9.64 Å². The monoisotopic (exact) mass is 439 g/mol. The standard InChI is InChI=1S/C22H24ClF2NO4/c1-13-9-16(21-19(28-2)5-4-6-20(21)29-3)26(17(13)12-27)11-14-7-8-18(15(23)10-14)30-22(24)25/h4-8,10,12-13,16-17,22H,9,11H2,1-3H3. The van der Waals surface area contributed by atoms with Crippen molar-refractivity contribution in [2.75, 3.05) is 14.2 Å². The molecule has 1 fully saturated rings. The highest BCUT2D eigenvalue weighted by atomic mass is 35.5. The van der Waals surface area contributed by atoms with Gasteiger partial charge in [-0.3, -0.25) is 4.90 Å². The van der Waals surface area contributed by atoms with Gasteiger partial charge in [0.25, 0.3) is 0 Å². The highest BCUT2D eigenvalue weighted by Crippen LogP contribution is 2.47. The molecule has 3 rings (SSSR count). The van der Waals surface area contributed by atoms with E-state index in [1.165, 1.54) is 6.07 Å². The number of ether oxygens (including phenoxy) is 3. The lowest BCUT2D eigenvalue weighted by Gasteiger charge is -2.30. The summed E-state index contributed by atoms with van der Waals surface area (Å²) in [7, 11) is 3.19. The third-order valence-electron chi connectivity index (χ3n) is 5.48. The van der Waals surface area contributed by atoms with Gasteiger partial charge in [0.05, 0.1) is 30.8 Å². The average Bonchev–Trinajstić information content (AvgIpc) is 3.03. The summed E-state index contributed by atoms with van der Waals surface area (Å²) < 4.78 is 40.6. The van der Waals surface area contributed by atoms with Crippen molar-refractivity contribution in [1.82, 2.24) is 4.90 Å². The molecule has 0 aliphatic carbocycles. The van der Waals surface area contributed by atoms with E-state index in [4.69, 9.17) is 21.1 Å². The van der Waals surface area contributed by atoms with Crippen LogP contribution in [-0.2, 0) is 11.3 Å². The topological polar surface area (TPSA) is 48.0 Å². The van der Waals surface area contributed by atoms with Crippen LogP contribution in [0.1, 0.15) is 30.5 Å². The number of nitrogens with zero attached hydrogens (tertiary/aromatic N) is 1. The van der Waals surface area contributed by atoms with Crippen molar-refractivity contribution in [3.63, 3.8) is 0 Å². The summed E-state index contributed by atoms with van der Waals surface area (Å²) in [6.07, 6.45) is 1.68. The summed E-state index contributed by atoms with van der Waals surface area (Å²) in [5, 5.41) is 0.0918. The zero-order valence-corrected chi connectivity index (χ0v) is 17.7. The minimum atomic E-state index is -2.95. The molecule has 3 atom stereocenters. The second-order valence-electron chi connectivity index (χ2n) is 7.25. The highest BCUT2D eigenvalue weighted by molar-refractivity contribution is 6.32. The number of alkyl halides is 2. The number of aldehydes is 1. The van der Waals surface area contributed by atoms with E-state index in [-0.39, 0.29) is 28.8 Å². The smallest absolute Gasteiger partial charge is 0.387 e. The Kier molecular flexibility index (Phi) is 7.15. The van der Waals surface area contributed by atoms with E-state index in [0.717, 1.165) is 23.8 Å². The van der Waals surface area contributed by atoms with Gasteiger partial charge in [0.15, 0.2) is 0 Å². The van der Waals surface area contributed by atoms with Crippen molar-refractivity contribution < 1.29 is 27.8 Å². The Hall–Kier alpha value is -2.38. The summed E-state index contributed by atoms with van der Waals surface area (Å²) in [6.45, 7) is -0.524. The summed E-state index contributed by atoms with van der Waals surface area (Å²) in [4.78, 5) is 14.0. The maximum Gasteiger partial charge on any atom is 0.387 e. The number of carbonyl (C=O) groups is 1. The molecule has 0 spiro atoms. The van der Waals surface area contributed by atoms with Gasteiger partial charge in [0.2, 0.25) is 0 Å². The van der Waals surface area contributed by atoms with Crippen LogP contribution in [0.3, 0.4) is 0 Å². The maximum atomic E-state index is 12.5. The molecule has 1 aliphatic heterocycles. The molecule has 1 saturated heterocycles. The van der Waals surface area contributed by atoms with Gasteiger partial charge in [-0.2, -0.15) is 8.78 Å².